The quantitative estimate of drug-likeness (QED) is 0.559. The minimum Gasteiger partial charge on any atom is -0.356 e. The third-order valence-corrected chi connectivity index (χ3v) is 6.45. The molecule has 1 aromatic carbocycles. The Morgan fingerprint density at radius 3 is 2.77 bits per heavy atom. The fraction of sp³-hybridized carbons (Fsp3) is 0.348. The van der Waals surface area contributed by atoms with Crippen LogP contribution in [0.4, 0.5) is 5.69 Å². The van der Waals surface area contributed by atoms with Crippen molar-refractivity contribution in [1.82, 2.24) is 14.9 Å². The molecular formula is C23H26N4O2S. The van der Waals surface area contributed by atoms with Gasteiger partial charge in [0.25, 0.3) is 0 Å². The molecule has 1 fully saturated rings. The van der Waals surface area contributed by atoms with Crippen molar-refractivity contribution in [1.29, 1.82) is 0 Å². The summed E-state index contributed by atoms with van der Waals surface area (Å²) in [6.07, 6.45) is 7.59. The number of amides is 2. The van der Waals surface area contributed by atoms with Gasteiger partial charge >= 0.3 is 0 Å². The first-order chi connectivity index (χ1) is 14.6. The van der Waals surface area contributed by atoms with E-state index in [-0.39, 0.29) is 30.2 Å². The summed E-state index contributed by atoms with van der Waals surface area (Å²) >= 11 is 1.59. The fourth-order valence-electron chi connectivity index (χ4n) is 3.95. The fourth-order valence-corrected chi connectivity index (χ4v) is 4.83. The van der Waals surface area contributed by atoms with Crippen molar-refractivity contribution in [2.24, 2.45) is 5.92 Å². The van der Waals surface area contributed by atoms with E-state index >= 15 is 0 Å². The second kappa shape index (κ2) is 9.26. The van der Waals surface area contributed by atoms with Crippen LogP contribution in [0.3, 0.4) is 0 Å². The summed E-state index contributed by atoms with van der Waals surface area (Å²) in [5.74, 6) is -0.428. The van der Waals surface area contributed by atoms with Crippen molar-refractivity contribution in [2.75, 3.05) is 11.4 Å². The molecular weight excluding hydrogens is 396 g/mol. The zero-order valence-electron chi connectivity index (χ0n) is 17.0. The van der Waals surface area contributed by atoms with Crippen LogP contribution in [-0.4, -0.2) is 27.9 Å². The van der Waals surface area contributed by atoms with Gasteiger partial charge in [-0.25, -0.2) is 4.98 Å². The number of unbranched alkanes of at least 4 members (excludes halogenated alkanes) is 1. The summed E-state index contributed by atoms with van der Waals surface area (Å²) < 4.78 is 2.03. The lowest BCUT2D eigenvalue weighted by molar-refractivity contribution is -0.126. The number of aryl methyl sites for hydroxylation is 2. The molecule has 0 spiro atoms. The Morgan fingerprint density at radius 1 is 1.23 bits per heavy atom. The Kier molecular flexibility index (Phi) is 6.28. The van der Waals surface area contributed by atoms with Gasteiger partial charge in [-0.05, 0) is 43.3 Å². The summed E-state index contributed by atoms with van der Waals surface area (Å²) in [6, 6.07) is 11.7. The number of nitrogens with one attached hydrogen (secondary N) is 1. The van der Waals surface area contributed by atoms with Gasteiger partial charge < -0.3 is 14.8 Å². The lowest BCUT2D eigenvalue weighted by Gasteiger charge is -2.27. The maximum Gasteiger partial charge on any atom is 0.228 e. The number of imidazole rings is 1. The molecule has 3 heterocycles. The van der Waals surface area contributed by atoms with E-state index in [1.165, 1.54) is 0 Å². The van der Waals surface area contributed by atoms with Crippen molar-refractivity contribution in [3.63, 3.8) is 0 Å². The van der Waals surface area contributed by atoms with Crippen molar-refractivity contribution >= 4 is 28.8 Å². The number of hydrogen-bond acceptors (Lipinski definition) is 4. The maximum absolute atomic E-state index is 13.0. The van der Waals surface area contributed by atoms with Gasteiger partial charge in [-0.2, -0.15) is 0 Å². The van der Waals surface area contributed by atoms with Gasteiger partial charge in [-0.3, -0.25) is 9.59 Å². The van der Waals surface area contributed by atoms with E-state index < -0.39 is 0 Å². The molecule has 30 heavy (non-hydrogen) atoms. The lowest BCUT2D eigenvalue weighted by Crippen LogP contribution is -2.35. The number of rotatable bonds is 8. The Labute approximate surface area is 180 Å². The molecule has 0 saturated carbocycles. The smallest absolute Gasteiger partial charge is 0.228 e. The van der Waals surface area contributed by atoms with Crippen LogP contribution in [-0.2, 0) is 16.1 Å². The highest BCUT2D eigenvalue weighted by Gasteiger charge is 2.45. The SMILES string of the molecule is Cc1ccc(N2C(=O)CC(C(=O)NCCCCn3ccnc3)C2c2cccs2)cc1. The lowest BCUT2D eigenvalue weighted by atomic mass is 9.97. The average Bonchev–Trinajstić information content (AvgIpc) is 3.49. The number of thiophene rings is 1. The minimum absolute atomic E-state index is 0.00230. The summed E-state index contributed by atoms with van der Waals surface area (Å²) in [7, 11) is 0. The average molecular weight is 423 g/mol. The minimum atomic E-state index is -0.383. The monoisotopic (exact) mass is 422 g/mol. The molecule has 7 heteroatoms. The van der Waals surface area contributed by atoms with E-state index in [0.717, 1.165) is 35.5 Å². The molecule has 1 aliphatic heterocycles. The zero-order chi connectivity index (χ0) is 20.9. The molecule has 6 nitrogen and oxygen atoms in total. The summed E-state index contributed by atoms with van der Waals surface area (Å²) in [5, 5.41) is 5.06. The highest BCUT2D eigenvalue weighted by Crippen LogP contribution is 2.43. The Morgan fingerprint density at radius 2 is 2.07 bits per heavy atom. The first-order valence-corrected chi connectivity index (χ1v) is 11.2. The van der Waals surface area contributed by atoms with Crippen molar-refractivity contribution in [3.8, 4) is 0 Å². The first-order valence-electron chi connectivity index (χ1n) is 10.3. The Hall–Kier alpha value is -2.93. The third kappa shape index (κ3) is 4.46. The van der Waals surface area contributed by atoms with Crippen molar-refractivity contribution < 1.29 is 9.59 Å². The molecule has 3 aromatic rings. The van der Waals surface area contributed by atoms with Crippen LogP contribution >= 0.6 is 11.3 Å². The highest BCUT2D eigenvalue weighted by molar-refractivity contribution is 7.10. The van der Waals surface area contributed by atoms with Crippen LogP contribution < -0.4 is 10.2 Å². The number of nitrogens with zero attached hydrogens (tertiary/aromatic N) is 3. The molecule has 1 aliphatic rings. The van der Waals surface area contributed by atoms with Crippen LogP contribution in [0.15, 0.2) is 60.5 Å². The van der Waals surface area contributed by atoms with E-state index in [2.05, 4.69) is 10.3 Å². The van der Waals surface area contributed by atoms with Crippen LogP contribution in [0.2, 0.25) is 0 Å². The third-order valence-electron chi connectivity index (χ3n) is 5.51. The van der Waals surface area contributed by atoms with Gasteiger partial charge in [0.15, 0.2) is 0 Å². The standard InChI is InChI=1S/C23H26N4O2S/c1-17-6-8-18(9-7-17)27-21(28)15-19(22(27)20-5-4-14-30-20)23(29)25-10-2-3-12-26-13-11-24-16-26/h4-9,11,13-14,16,19,22H,2-3,10,12,15H2,1H3,(H,25,29). The van der Waals surface area contributed by atoms with Gasteiger partial charge in [-0.15, -0.1) is 11.3 Å². The molecule has 0 radical (unpaired) electrons. The summed E-state index contributed by atoms with van der Waals surface area (Å²) in [4.78, 5) is 32.8. The maximum atomic E-state index is 13.0. The molecule has 4 rings (SSSR count). The van der Waals surface area contributed by atoms with Gasteiger partial charge in [0.1, 0.15) is 0 Å². The molecule has 0 bridgehead atoms. The molecule has 156 valence electrons. The predicted molar refractivity (Wildman–Crippen MR) is 118 cm³/mol. The highest BCUT2D eigenvalue weighted by atomic mass is 32.1. The van der Waals surface area contributed by atoms with Crippen molar-refractivity contribution in [3.05, 3.63) is 70.9 Å². The van der Waals surface area contributed by atoms with E-state index in [9.17, 15) is 9.59 Å². The number of carbonyl (C=O) groups excluding carboxylic acids is 2. The second-order valence-corrected chi connectivity index (χ2v) is 8.65. The van der Waals surface area contributed by atoms with Crippen LogP contribution in [0.25, 0.3) is 0 Å². The van der Waals surface area contributed by atoms with Crippen LogP contribution in [0.5, 0.6) is 0 Å². The number of aromatic nitrogens is 2. The topological polar surface area (TPSA) is 67.2 Å². The molecule has 2 unspecified atom stereocenters. The summed E-state index contributed by atoms with van der Waals surface area (Å²) in [5.41, 5.74) is 1.99. The van der Waals surface area contributed by atoms with E-state index in [4.69, 9.17) is 0 Å². The first kappa shape index (κ1) is 20.3. The predicted octanol–water partition coefficient (Wildman–Crippen LogP) is 3.94. The van der Waals surface area contributed by atoms with E-state index in [1.807, 2.05) is 59.5 Å². The van der Waals surface area contributed by atoms with Crippen LogP contribution in [0, 0.1) is 12.8 Å². The van der Waals surface area contributed by atoms with Gasteiger partial charge in [-0.1, -0.05) is 23.8 Å². The molecule has 2 aromatic heterocycles. The van der Waals surface area contributed by atoms with E-state index in [0.29, 0.717) is 6.54 Å². The number of carbonyl (C=O) groups is 2. The van der Waals surface area contributed by atoms with Gasteiger partial charge in [0.05, 0.1) is 18.3 Å². The molecule has 2 amide bonds. The van der Waals surface area contributed by atoms with Crippen molar-refractivity contribution in [2.45, 2.75) is 38.8 Å². The Bertz CT molecular complexity index is 967. The molecule has 1 saturated heterocycles. The van der Waals surface area contributed by atoms with Gasteiger partial charge in [0, 0.05) is 42.5 Å². The summed E-state index contributed by atoms with van der Waals surface area (Å²) in [6.45, 7) is 3.52. The van der Waals surface area contributed by atoms with Crippen LogP contribution in [0.1, 0.15) is 35.7 Å². The number of benzene rings is 1. The van der Waals surface area contributed by atoms with Gasteiger partial charge in [0.2, 0.25) is 11.8 Å². The normalized spacial score (nSPS) is 18.7. The van der Waals surface area contributed by atoms with E-state index in [1.54, 1.807) is 28.8 Å². The molecule has 2 atom stereocenters. The molecule has 0 aliphatic carbocycles. The number of anilines is 1. The molecule has 1 N–H and O–H groups in total. The zero-order valence-corrected chi connectivity index (χ0v) is 17.8. The largest absolute Gasteiger partial charge is 0.356 e. The Balaban J connectivity index is 1.42. The second-order valence-electron chi connectivity index (χ2n) is 7.67. The number of hydrogen-bond donors (Lipinski definition) is 1.